The Hall–Kier alpha value is 1.88. The first kappa shape index (κ1) is 13.3. The maximum Gasteiger partial charge on any atom is 0.0771 e. The summed E-state index contributed by atoms with van der Waals surface area (Å²) < 4.78 is 0.0458. The van der Waals surface area contributed by atoms with E-state index >= 15 is 0 Å². The standard InChI is InChI=1S/C10H14Br4O/c1-8(2)6(15)10(14)4-3-9(8,5(10)11)7(12)13/h5-7,15H,3-4H2,1-2H3/t5-,6-,9-,10+/m1/s1. The Balaban J connectivity index is 2.56. The molecule has 2 rings (SSSR count). The van der Waals surface area contributed by atoms with Gasteiger partial charge in [-0.1, -0.05) is 77.6 Å². The van der Waals surface area contributed by atoms with E-state index in [1.165, 1.54) is 0 Å². The van der Waals surface area contributed by atoms with Gasteiger partial charge in [-0.3, -0.25) is 0 Å². The molecule has 0 spiro atoms. The minimum absolute atomic E-state index is 0.0515. The molecule has 0 aromatic carbocycles. The SMILES string of the molecule is CC1(C)[C@@H](O)[C@]2(Br)CC[C@]1(C(Br)Br)[C@H]2Br. The van der Waals surface area contributed by atoms with Gasteiger partial charge in [0.05, 0.1) is 14.2 Å². The summed E-state index contributed by atoms with van der Waals surface area (Å²) in [6, 6.07) is 0. The highest BCUT2D eigenvalue weighted by atomic mass is 79.9. The minimum atomic E-state index is -0.319. The molecular weight excluding hydrogens is 456 g/mol. The average molecular weight is 470 g/mol. The highest BCUT2D eigenvalue weighted by molar-refractivity contribution is 9.24. The van der Waals surface area contributed by atoms with Crippen molar-refractivity contribution in [3.63, 3.8) is 0 Å². The van der Waals surface area contributed by atoms with Gasteiger partial charge in [0.2, 0.25) is 0 Å². The summed E-state index contributed by atoms with van der Waals surface area (Å²) in [7, 11) is 0. The van der Waals surface area contributed by atoms with Gasteiger partial charge < -0.3 is 5.11 Å². The number of rotatable bonds is 1. The van der Waals surface area contributed by atoms with Crippen LogP contribution in [0.5, 0.6) is 0 Å². The van der Waals surface area contributed by atoms with E-state index in [4.69, 9.17) is 0 Å². The summed E-state index contributed by atoms with van der Waals surface area (Å²) >= 11 is 14.9. The third-order valence-corrected chi connectivity index (χ3v) is 9.69. The highest BCUT2D eigenvalue weighted by Crippen LogP contribution is 2.73. The summed E-state index contributed by atoms with van der Waals surface area (Å²) in [5.74, 6) is 0. The average Bonchev–Trinajstić information content (AvgIpc) is 2.45. The Morgan fingerprint density at radius 3 is 2.07 bits per heavy atom. The Morgan fingerprint density at radius 2 is 1.80 bits per heavy atom. The molecule has 88 valence electrons. The molecule has 2 aliphatic rings. The van der Waals surface area contributed by atoms with E-state index in [9.17, 15) is 5.11 Å². The maximum atomic E-state index is 10.5. The van der Waals surface area contributed by atoms with Gasteiger partial charge in [-0.15, -0.1) is 0 Å². The second-order valence-corrected chi connectivity index (χ2v) is 10.7. The van der Waals surface area contributed by atoms with E-state index in [0.29, 0.717) is 0 Å². The van der Waals surface area contributed by atoms with Crippen LogP contribution in [0, 0.1) is 10.8 Å². The monoisotopic (exact) mass is 466 g/mol. The Labute approximate surface area is 124 Å². The van der Waals surface area contributed by atoms with Crippen LogP contribution in [0.25, 0.3) is 0 Å². The number of aliphatic hydroxyl groups excluding tert-OH is 1. The van der Waals surface area contributed by atoms with E-state index in [-0.39, 0.29) is 29.8 Å². The second-order valence-electron chi connectivity index (χ2n) is 5.25. The van der Waals surface area contributed by atoms with Crippen LogP contribution in [0.3, 0.4) is 0 Å². The van der Waals surface area contributed by atoms with E-state index in [0.717, 1.165) is 12.8 Å². The van der Waals surface area contributed by atoms with Crippen molar-refractivity contribution >= 4 is 63.7 Å². The van der Waals surface area contributed by atoms with Gasteiger partial charge in [0.15, 0.2) is 0 Å². The van der Waals surface area contributed by atoms with Gasteiger partial charge in [0.25, 0.3) is 0 Å². The van der Waals surface area contributed by atoms with E-state index < -0.39 is 0 Å². The normalized spacial score (nSPS) is 52.8. The number of fused-ring (bicyclic) bond motifs is 2. The molecule has 0 aromatic rings. The number of alkyl halides is 4. The molecule has 5 heteroatoms. The van der Waals surface area contributed by atoms with Crippen LogP contribution in [-0.2, 0) is 0 Å². The van der Waals surface area contributed by atoms with Crippen molar-refractivity contribution in [2.24, 2.45) is 10.8 Å². The van der Waals surface area contributed by atoms with Crippen molar-refractivity contribution in [2.45, 2.75) is 45.7 Å². The van der Waals surface area contributed by atoms with E-state index in [2.05, 4.69) is 77.6 Å². The zero-order chi connectivity index (χ0) is 11.6. The maximum absolute atomic E-state index is 10.5. The molecule has 2 aliphatic carbocycles. The molecular formula is C10H14Br4O. The van der Waals surface area contributed by atoms with Crippen LogP contribution in [0.4, 0.5) is 0 Å². The second kappa shape index (κ2) is 3.69. The lowest BCUT2D eigenvalue weighted by Gasteiger charge is -2.46. The molecule has 0 radical (unpaired) electrons. The molecule has 1 N–H and O–H groups in total. The van der Waals surface area contributed by atoms with Crippen molar-refractivity contribution in [3.8, 4) is 0 Å². The molecule has 2 fully saturated rings. The predicted octanol–water partition coefficient (Wildman–Crippen LogP) is 4.18. The third kappa shape index (κ3) is 1.33. The van der Waals surface area contributed by atoms with Crippen LogP contribution in [0.15, 0.2) is 0 Å². The molecule has 0 heterocycles. The fraction of sp³-hybridized carbons (Fsp3) is 1.00. The van der Waals surface area contributed by atoms with Gasteiger partial charge in [-0.25, -0.2) is 0 Å². The number of hydrogen-bond donors (Lipinski definition) is 1. The van der Waals surface area contributed by atoms with Gasteiger partial charge in [0.1, 0.15) is 0 Å². The summed E-state index contributed by atoms with van der Waals surface area (Å²) in [5, 5.41) is 10.5. The molecule has 4 atom stereocenters. The largest absolute Gasteiger partial charge is 0.391 e. The van der Waals surface area contributed by atoms with E-state index in [1.54, 1.807) is 0 Å². The molecule has 0 amide bonds. The first-order chi connectivity index (χ1) is 6.71. The molecule has 0 unspecified atom stereocenters. The van der Waals surface area contributed by atoms with Crippen molar-refractivity contribution < 1.29 is 5.11 Å². The Bertz CT molecular complexity index is 293. The van der Waals surface area contributed by atoms with Gasteiger partial charge in [-0.05, 0) is 12.8 Å². The van der Waals surface area contributed by atoms with Crippen molar-refractivity contribution in [1.29, 1.82) is 0 Å². The molecule has 0 aromatic heterocycles. The smallest absolute Gasteiger partial charge is 0.0771 e. The molecule has 15 heavy (non-hydrogen) atoms. The highest BCUT2D eigenvalue weighted by Gasteiger charge is 2.75. The van der Waals surface area contributed by atoms with Crippen LogP contribution < -0.4 is 0 Å². The third-order valence-electron chi connectivity index (χ3n) is 4.52. The summed E-state index contributed by atoms with van der Waals surface area (Å²) in [6.45, 7) is 4.31. The van der Waals surface area contributed by atoms with Gasteiger partial charge >= 0.3 is 0 Å². The van der Waals surface area contributed by atoms with E-state index in [1.807, 2.05) is 0 Å². The first-order valence-electron chi connectivity index (χ1n) is 5.00. The van der Waals surface area contributed by atoms with Crippen LogP contribution in [0.2, 0.25) is 0 Å². The van der Waals surface area contributed by atoms with Crippen LogP contribution in [0.1, 0.15) is 26.7 Å². The molecule has 0 saturated heterocycles. The van der Waals surface area contributed by atoms with Crippen molar-refractivity contribution in [3.05, 3.63) is 0 Å². The molecule has 1 nitrogen and oxygen atoms in total. The summed E-state index contributed by atoms with van der Waals surface area (Å²) in [5.41, 5.74) is -0.0590. The number of hydrogen-bond acceptors (Lipinski definition) is 1. The van der Waals surface area contributed by atoms with Gasteiger partial charge in [-0.2, -0.15) is 0 Å². The summed E-state index contributed by atoms with van der Waals surface area (Å²) in [4.78, 5) is 0.284. The van der Waals surface area contributed by atoms with Crippen molar-refractivity contribution in [1.82, 2.24) is 0 Å². The first-order valence-corrected chi connectivity index (χ1v) is 8.54. The zero-order valence-electron chi connectivity index (χ0n) is 8.61. The lowest BCUT2D eigenvalue weighted by atomic mass is 9.65. The molecule has 2 saturated carbocycles. The minimum Gasteiger partial charge on any atom is -0.391 e. The Kier molecular flexibility index (Phi) is 3.27. The fourth-order valence-electron chi connectivity index (χ4n) is 3.36. The predicted molar refractivity (Wildman–Crippen MR) is 77.5 cm³/mol. The zero-order valence-corrected chi connectivity index (χ0v) is 14.9. The summed E-state index contributed by atoms with van der Waals surface area (Å²) in [6.07, 6.45) is 1.81. The van der Waals surface area contributed by atoms with Crippen LogP contribution >= 0.6 is 63.7 Å². The lowest BCUT2D eigenvalue weighted by Crippen LogP contribution is -2.48. The number of aliphatic hydroxyl groups is 1. The molecule has 0 aliphatic heterocycles. The van der Waals surface area contributed by atoms with Crippen molar-refractivity contribution in [2.75, 3.05) is 0 Å². The number of halogens is 4. The lowest BCUT2D eigenvalue weighted by molar-refractivity contribution is -0.0213. The molecule has 2 bridgehead atoms. The van der Waals surface area contributed by atoms with Gasteiger partial charge in [0, 0.05) is 15.7 Å². The topological polar surface area (TPSA) is 20.2 Å². The quantitative estimate of drug-likeness (QED) is 0.571. The fourth-order valence-corrected chi connectivity index (χ4v) is 8.98. The Morgan fingerprint density at radius 1 is 1.27 bits per heavy atom. The van der Waals surface area contributed by atoms with Crippen LogP contribution in [-0.4, -0.2) is 24.1 Å².